The van der Waals surface area contributed by atoms with E-state index in [2.05, 4.69) is 5.32 Å². The molecule has 10 heteroatoms. The molecule has 1 amide bonds. The number of ether oxygens (including phenoxy) is 3. The van der Waals surface area contributed by atoms with E-state index in [0.717, 1.165) is 0 Å². The second-order valence-electron chi connectivity index (χ2n) is 8.09. The van der Waals surface area contributed by atoms with Crippen LogP contribution in [0.4, 0.5) is 4.39 Å². The smallest absolute Gasteiger partial charge is 0.257 e. The van der Waals surface area contributed by atoms with Gasteiger partial charge >= 0.3 is 0 Å². The lowest BCUT2D eigenvalue weighted by Gasteiger charge is -2.45. The molecule has 0 aromatic heterocycles. The van der Waals surface area contributed by atoms with Gasteiger partial charge in [-0.1, -0.05) is 23.7 Å². The van der Waals surface area contributed by atoms with Gasteiger partial charge in [-0.3, -0.25) is 4.79 Å². The number of fused-ring (bicyclic) bond motifs is 2. The van der Waals surface area contributed by atoms with Crippen molar-refractivity contribution in [1.29, 1.82) is 0 Å². The van der Waals surface area contributed by atoms with Gasteiger partial charge < -0.3 is 34.8 Å². The standard InChI is InChI=1S/C23H25ClFNO7/c1-3-31-17-7-4-12(9-16(17)25)8-13-10-14(5-6-15(13)24)23-20(29)18(27)19(28)22(33-23,11-32-23)21(30)26-2/h4-7,9-10,18-20,27-29H,3,8,11H2,1-2H3,(H,26,30)/t18-,19-,20+,22-,23-/m0/s1. The van der Waals surface area contributed by atoms with Crippen molar-refractivity contribution in [2.45, 2.75) is 43.0 Å². The van der Waals surface area contributed by atoms with Crippen LogP contribution >= 0.6 is 11.6 Å². The molecule has 2 bridgehead atoms. The number of hydrogen-bond acceptors (Lipinski definition) is 7. The van der Waals surface area contributed by atoms with Crippen molar-refractivity contribution in [2.24, 2.45) is 0 Å². The number of carbonyl (C=O) groups excluding carboxylic acids is 1. The van der Waals surface area contributed by atoms with Crippen LogP contribution in [0, 0.1) is 5.82 Å². The Balaban J connectivity index is 1.70. The van der Waals surface area contributed by atoms with E-state index >= 15 is 0 Å². The molecule has 2 aliphatic rings. The van der Waals surface area contributed by atoms with Gasteiger partial charge in [-0.25, -0.2) is 4.39 Å². The minimum Gasteiger partial charge on any atom is -0.491 e. The number of hydrogen-bond donors (Lipinski definition) is 4. The SMILES string of the molecule is CCOc1ccc(Cc2cc([C@]34OC[C@](C(=O)NC)(O3)[C@@H](O)[C@H](O)[C@H]4O)ccc2Cl)cc1F. The molecule has 2 saturated heterocycles. The maximum Gasteiger partial charge on any atom is 0.257 e. The van der Waals surface area contributed by atoms with E-state index in [0.29, 0.717) is 22.8 Å². The topological polar surface area (TPSA) is 117 Å². The first-order valence-electron chi connectivity index (χ1n) is 10.5. The molecule has 2 fully saturated rings. The van der Waals surface area contributed by atoms with Gasteiger partial charge in [-0.2, -0.15) is 0 Å². The van der Waals surface area contributed by atoms with E-state index in [1.54, 1.807) is 25.1 Å². The molecule has 0 radical (unpaired) electrons. The fraction of sp³-hybridized carbons (Fsp3) is 0.435. The Labute approximate surface area is 194 Å². The van der Waals surface area contributed by atoms with E-state index < -0.39 is 41.4 Å². The Kier molecular flexibility index (Phi) is 6.38. The van der Waals surface area contributed by atoms with Crippen molar-refractivity contribution in [3.63, 3.8) is 0 Å². The average molecular weight is 482 g/mol. The molecular formula is C23H25ClFNO7. The van der Waals surface area contributed by atoms with Crippen molar-refractivity contribution in [1.82, 2.24) is 5.32 Å². The van der Waals surface area contributed by atoms with Crippen molar-refractivity contribution in [3.05, 3.63) is 63.9 Å². The maximum absolute atomic E-state index is 14.3. The quantitative estimate of drug-likeness (QED) is 0.490. The van der Waals surface area contributed by atoms with Crippen LogP contribution in [-0.4, -0.2) is 65.4 Å². The van der Waals surface area contributed by atoms with Gasteiger partial charge in [-0.05, 0) is 48.7 Å². The van der Waals surface area contributed by atoms with E-state index in [9.17, 15) is 24.5 Å². The summed E-state index contributed by atoms with van der Waals surface area (Å²) in [7, 11) is 1.36. The molecule has 8 nitrogen and oxygen atoms in total. The highest BCUT2D eigenvalue weighted by Gasteiger charge is 2.70. The summed E-state index contributed by atoms with van der Waals surface area (Å²) in [6.07, 6.45) is -4.86. The number of rotatable bonds is 6. The minimum atomic E-state index is -1.91. The maximum atomic E-state index is 14.3. The lowest BCUT2D eigenvalue weighted by Crippen LogP contribution is -2.68. The lowest BCUT2D eigenvalue weighted by atomic mass is 9.82. The van der Waals surface area contributed by atoms with E-state index in [1.165, 1.54) is 25.2 Å². The highest BCUT2D eigenvalue weighted by Crippen LogP contribution is 2.50. The van der Waals surface area contributed by atoms with Gasteiger partial charge in [0.2, 0.25) is 11.4 Å². The van der Waals surface area contributed by atoms with Crippen LogP contribution in [0.3, 0.4) is 0 Å². The molecule has 2 aromatic carbocycles. The normalized spacial score (nSPS) is 30.8. The summed E-state index contributed by atoms with van der Waals surface area (Å²) in [5, 5.41) is 34.6. The summed E-state index contributed by atoms with van der Waals surface area (Å²) in [6.45, 7) is 1.72. The van der Waals surface area contributed by atoms with Crippen LogP contribution in [0.1, 0.15) is 23.6 Å². The Hall–Kier alpha value is -2.27. The van der Waals surface area contributed by atoms with Crippen LogP contribution in [-0.2, 0) is 26.5 Å². The Morgan fingerprint density at radius 2 is 2.00 bits per heavy atom. The number of aliphatic hydroxyl groups excluding tert-OH is 3. The third-order valence-corrected chi connectivity index (χ3v) is 6.47. The summed E-state index contributed by atoms with van der Waals surface area (Å²) in [4.78, 5) is 12.5. The van der Waals surface area contributed by atoms with Gasteiger partial charge in [0.15, 0.2) is 11.6 Å². The van der Waals surface area contributed by atoms with Gasteiger partial charge in [0.05, 0.1) is 13.2 Å². The molecule has 0 saturated carbocycles. The van der Waals surface area contributed by atoms with Crippen LogP contribution in [0.2, 0.25) is 5.02 Å². The van der Waals surface area contributed by atoms with Crippen molar-refractivity contribution in [3.8, 4) is 5.75 Å². The summed E-state index contributed by atoms with van der Waals surface area (Å²) in [5.74, 6) is -2.95. The summed E-state index contributed by atoms with van der Waals surface area (Å²) < 4.78 is 31.2. The third kappa shape index (κ3) is 3.78. The van der Waals surface area contributed by atoms with Crippen molar-refractivity contribution < 1.29 is 38.7 Å². The van der Waals surface area contributed by atoms with E-state index in [-0.39, 0.29) is 24.3 Å². The zero-order valence-corrected chi connectivity index (χ0v) is 18.8. The predicted octanol–water partition coefficient (Wildman–Crippen LogP) is 1.25. The largest absolute Gasteiger partial charge is 0.491 e. The first-order valence-corrected chi connectivity index (χ1v) is 10.9. The first-order chi connectivity index (χ1) is 15.7. The Morgan fingerprint density at radius 1 is 1.24 bits per heavy atom. The monoisotopic (exact) mass is 481 g/mol. The molecule has 4 N–H and O–H groups in total. The Bertz CT molecular complexity index is 1070. The van der Waals surface area contributed by atoms with Crippen molar-refractivity contribution >= 4 is 17.5 Å². The highest BCUT2D eigenvalue weighted by molar-refractivity contribution is 6.31. The summed E-state index contributed by atoms with van der Waals surface area (Å²) in [6, 6.07) is 9.30. The van der Waals surface area contributed by atoms with E-state index in [4.69, 9.17) is 25.8 Å². The predicted molar refractivity (Wildman–Crippen MR) is 115 cm³/mol. The van der Waals surface area contributed by atoms with Gasteiger partial charge in [0.25, 0.3) is 5.91 Å². The molecule has 4 rings (SSSR count). The zero-order valence-electron chi connectivity index (χ0n) is 18.0. The van der Waals surface area contributed by atoms with Crippen LogP contribution in [0.5, 0.6) is 5.75 Å². The molecule has 5 atom stereocenters. The van der Waals surface area contributed by atoms with Gasteiger partial charge in [0, 0.05) is 17.6 Å². The highest BCUT2D eigenvalue weighted by atomic mass is 35.5. The number of nitrogens with one attached hydrogen (secondary N) is 1. The molecule has 0 unspecified atom stereocenters. The minimum absolute atomic E-state index is 0.149. The number of benzene rings is 2. The molecule has 0 aliphatic carbocycles. The molecule has 2 aromatic rings. The number of likely N-dealkylation sites (N-methyl/N-ethyl adjacent to an activating group) is 1. The third-order valence-electron chi connectivity index (χ3n) is 6.10. The van der Waals surface area contributed by atoms with Gasteiger partial charge in [-0.15, -0.1) is 0 Å². The number of carbonyl (C=O) groups is 1. The van der Waals surface area contributed by atoms with Crippen LogP contribution in [0.25, 0.3) is 0 Å². The molecule has 0 spiro atoms. The molecular weight excluding hydrogens is 457 g/mol. The second kappa shape index (κ2) is 8.83. The fourth-order valence-corrected chi connectivity index (χ4v) is 4.54. The lowest BCUT2D eigenvalue weighted by molar-refractivity contribution is -0.319. The average Bonchev–Trinajstić information content (AvgIpc) is 3.20. The second-order valence-corrected chi connectivity index (χ2v) is 8.50. The van der Waals surface area contributed by atoms with Crippen LogP contribution in [0.15, 0.2) is 36.4 Å². The molecule has 178 valence electrons. The van der Waals surface area contributed by atoms with Crippen LogP contribution < -0.4 is 10.1 Å². The fourth-order valence-electron chi connectivity index (χ4n) is 4.35. The summed E-state index contributed by atoms with van der Waals surface area (Å²) in [5.41, 5.74) is -0.409. The number of halogens is 2. The molecule has 33 heavy (non-hydrogen) atoms. The first kappa shape index (κ1) is 23.9. The van der Waals surface area contributed by atoms with Gasteiger partial charge in [0.1, 0.15) is 18.3 Å². The molecule has 2 heterocycles. The zero-order chi connectivity index (χ0) is 24.0. The van der Waals surface area contributed by atoms with Crippen molar-refractivity contribution in [2.75, 3.05) is 20.3 Å². The Morgan fingerprint density at radius 3 is 2.67 bits per heavy atom. The number of amides is 1. The molecule has 2 aliphatic heterocycles. The summed E-state index contributed by atoms with van der Waals surface area (Å²) >= 11 is 6.38. The number of aliphatic hydroxyl groups is 3. The van der Waals surface area contributed by atoms with E-state index in [1.807, 2.05) is 0 Å².